The molecular weight excluding hydrogens is 396 g/mol. The fraction of sp³-hybridized carbons (Fsp3) is 0.261. The predicted molar refractivity (Wildman–Crippen MR) is 120 cm³/mol. The summed E-state index contributed by atoms with van der Waals surface area (Å²) in [5.74, 6) is 1.77. The molecule has 2 aromatic carbocycles. The number of allylic oxidation sites excluding steroid dienone is 2. The molecule has 0 saturated heterocycles. The number of thioether (sulfide) groups is 1. The molecule has 0 atom stereocenters. The van der Waals surface area contributed by atoms with E-state index in [0.29, 0.717) is 11.0 Å². The normalized spacial score (nSPS) is 16.0. The van der Waals surface area contributed by atoms with Gasteiger partial charge in [-0.25, -0.2) is 4.98 Å². The van der Waals surface area contributed by atoms with E-state index in [1.54, 1.807) is 13.2 Å². The van der Waals surface area contributed by atoms with E-state index in [2.05, 4.69) is 46.1 Å². The molecular formula is C23H24N4O2S. The average Bonchev–Trinajstić information content (AvgIpc) is 3.30. The molecule has 3 aromatic rings. The number of anilines is 1. The Balaban J connectivity index is 1.44. The number of carbonyl (C=O) groups is 1. The molecule has 6 nitrogen and oxygen atoms in total. The number of carbonyl (C=O) groups excluding carboxylic acids is 1. The first kappa shape index (κ1) is 20.2. The van der Waals surface area contributed by atoms with Gasteiger partial charge in [0.2, 0.25) is 5.16 Å². The van der Waals surface area contributed by atoms with Gasteiger partial charge in [0.15, 0.2) is 11.6 Å². The van der Waals surface area contributed by atoms with Crippen molar-refractivity contribution in [2.75, 3.05) is 24.8 Å². The number of methoxy groups -OCH3 is 1. The Morgan fingerprint density at radius 2 is 1.93 bits per heavy atom. The number of fused-ring (bicyclic) bond motifs is 1. The highest BCUT2D eigenvalue weighted by molar-refractivity contribution is 7.99. The Bertz CT molecular complexity index is 1100. The Hall–Kier alpha value is -3.06. The molecule has 2 heterocycles. The zero-order chi connectivity index (χ0) is 21.3. The quantitative estimate of drug-likeness (QED) is 0.469. The van der Waals surface area contributed by atoms with Crippen molar-refractivity contribution in [1.82, 2.24) is 15.2 Å². The van der Waals surface area contributed by atoms with Crippen molar-refractivity contribution < 1.29 is 9.53 Å². The van der Waals surface area contributed by atoms with Gasteiger partial charge in [-0.3, -0.25) is 9.89 Å². The molecule has 1 N–H and O–H groups in total. The van der Waals surface area contributed by atoms with Gasteiger partial charge in [-0.2, -0.15) is 0 Å². The van der Waals surface area contributed by atoms with Crippen LogP contribution >= 0.6 is 11.8 Å². The van der Waals surface area contributed by atoms with Crippen LogP contribution in [0.25, 0.3) is 11.4 Å². The number of H-pyrrole nitrogens is 1. The molecule has 1 aliphatic rings. The molecule has 154 valence electrons. The van der Waals surface area contributed by atoms with Crippen LogP contribution < -0.4 is 9.64 Å². The maximum absolute atomic E-state index is 12.7. The molecule has 0 bridgehead atoms. The zero-order valence-electron chi connectivity index (χ0n) is 17.5. The second-order valence-electron chi connectivity index (χ2n) is 7.68. The van der Waals surface area contributed by atoms with Crippen molar-refractivity contribution in [1.29, 1.82) is 0 Å². The number of ether oxygens (including phenoxy) is 1. The number of para-hydroxylation sites is 1. The van der Waals surface area contributed by atoms with Crippen LogP contribution in [-0.2, 0) is 10.2 Å². The van der Waals surface area contributed by atoms with E-state index in [1.807, 2.05) is 43.4 Å². The van der Waals surface area contributed by atoms with Gasteiger partial charge in [0, 0.05) is 35.5 Å². The zero-order valence-corrected chi connectivity index (χ0v) is 18.3. The van der Waals surface area contributed by atoms with Gasteiger partial charge in [-0.05, 0) is 35.9 Å². The van der Waals surface area contributed by atoms with Crippen molar-refractivity contribution in [2.45, 2.75) is 24.4 Å². The Kier molecular flexibility index (Phi) is 5.39. The molecule has 7 heteroatoms. The summed E-state index contributed by atoms with van der Waals surface area (Å²) in [7, 11) is 3.64. The van der Waals surface area contributed by atoms with Crippen molar-refractivity contribution in [3.63, 3.8) is 0 Å². The molecule has 0 fully saturated rings. The van der Waals surface area contributed by atoms with Crippen LogP contribution in [0.1, 0.15) is 19.4 Å². The van der Waals surface area contributed by atoms with E-state index >= 15 is 0 Å². The summed E-state index contributed by atoms with van der Waals surface area (Å²) in [5, 5.41) is 7.71. The van der Waals surface area contributed by atoms with Gasteiger partial charge >= 0.3 is 0 Å². The van der Waals surface area contributed by atoms with Gasteiger partial charge in [0.1, 0.15) is 5.75 Å². The summed E-state index contributed by atoms with van der Waals surface area (Å²) in [6.07, 6.45) is 1.75. The summed E-state index contributed by atoms with van der Waals surface area (Å²) in [6, 6.07) is 15.9. The van der Waals surface area contributed by atoms with Crippen molar-refractivity contribution in [3.8, 4) is 17.1 Å². The average molecular weight is 421 g/mol. The van der Waals surface area contributed by atoms with Crippen molar-refractivity contribution in [2.24, 2.45) is 0 Å². The number of nitrogens with zero attached hydrogens (tertiary/aromatic N) is 3. The maximum atomic E-state index is 12.7. The van der Waals surface area contributed by atoms with Gasteiger partial charge in [-0.1, -0.05) is 43.8 Å². The van der Waals surface area contributed by atoms with Crippen LogP contribution in [0, 0.1) is 0 Å². The van der Waals surface area contributed by atoms with Crippen molar-refractivity contribution in [3.05, 3.63) is 65.9 Å². The summed E-state index contributed by atoms with van der Waals surface area (Å²) in [4.78, 5) is 19.3. The number of hydrogen-bond acceptors (Lipinski definition) is 6. The molecule has 0 spiro atoms. The number of aromatic nitrogens is 3. The lowest BCUT2D eigenvalue weighted by Crippen LogP contribution is -2.24. The second-order valence-corrected chi connectivity index (χ2v) is 8.62. The van der Waals surface area contributed by atoms with E-state index in [4.69, 9.17) is 4.74 Å². The SMILES string of the molecule is COc1ccc(-c2nc(SCC(=O)/C=C3/N(C)c4ccccc4C3(C)C)n[nH]2)cc1. The Morgan fingerprint density at radius 1 is 1.20 bits per heavy atom. The minimum Gasteiger partial charge on any atom is -0.497 e. The van der Waals surface area contributed by atoms with Crippen LogP contribution in [0.3, 0.4) is 0 Å². The second kappa shape index (κ2) is 7.99. The van der Waals surface area contributed by atoms with Crippen LogP contribution in [0.5, 0.6) is 5.75 Å². The van der Waals surface area contributed by atoms with Gasteiger partial charge < -0.3 is 9.64 Å². The minimum atomic E-state index is -0.211. The third kappa shape index (κ3) is 3.73. The van der Waals surface area contributed by atoms with Gasteiger partial charge in [0.05, 0.1) is 12.9 Å². The fourth-order valence-corrected chi connectivity index (χ4v) is 4.40. The van der Waals surface area contributed by atoms with Crippen LogP contribution in [0.4, 0.5) is 5.69 Å². The summed E-state index contributed by atoms with van der Waals surface area (Å²) >= 11 is 1.33. The lowest BCUT2D eigenvalue weighted by atomic mass is 9.83. The molecule has 0 saturated carbocycles. The van der Waals surface area contributed by atoms with Crippen LogP contribution in [0.15, 0.2) is 65.5 Å². The van der Waals surface area contributed by atoms with E-state index in [0.717, 1.165) is 22.7 Å². The summed E-state index contributed by atoms with van der Waals surface area (Å²) < 4.78 is 5.18. The number of likely N-dealkylation sites (N-methyl/N-ethyl adjacent to an activating group) is 1. The standard InChI is InChI=1S/C23H24N4O2S/c1-23(2)18-7-5-6-8-19(18)27(3)20(23)13-16(28)14-30-22-24-21(25-26-22)15-9-11-17(29-4)12-10-15/h5-13H,14H2,1-4H3,(H,24,25,26)/b20-13+. The lowest BCUT2D eigenvalue weighted by Gasteiger charge is -2.23. The highest BCUT2D eigenvalue weighted by Crippen LogP contribution is 2.46. The van der Waals surface area contributed by atoms with Crippen LogP contribution in [-0.4, -0.2) is 40.9 Å². The summed E-state index contributed by atoms with van der Waals surface area (Å²) in [5.41, 5.74) is 4.08. The fourth-order valence-electron chi connectivity index (χ4n) is 3.78. The first-order valence-electron chi connectivity index (χ1n) is 9.68. The number of aromatic amines is 1. The Labute approximate surface area is 180 Å². The monoisotopic (exact) mass is 420 g/mol. The highest BCUT2D eigenvalue weighted by atomic mass is 32.2. The molecule has 0 radical (unpaired) electrons. The first-order valence-corrected chi connectivity index (χ1v) is 10.7. The molecule has 1 aromatic heterocycles. The minimum absolute atomic E-state index is 0.0403. The number of hydrogen-bond donors (Lipinski definition) is 1. The van der Waals surface area contributed by atoms with Gasteiger partial charge in [-0.15, -0.1) is 5.10 Å². The van der Waals surface area contributed by atoms with Crippen molar-refractivity contribution >= 4 is 23.2 Å². The molecule has 4 rings (SSSR count). The number of ketones is 1. The molecule has 0 aliphatic carbocycles. The molecule has 30 heavy (non-hydrogen) atoms. The van der Waals surface area contributed by atoms with Gasteiger partial charge in [0.25, 0.3) is 0 Å². The first-order chi connectivity index (χ1) is 14.4. The Morgan fingerprint density at radius 3 is 2.63 bits per heavy atom. The van der Waals surface area contributed by atoms with E-state index in [9.17, 15) is 4.79 Å². The third-order valence-electron chi connectivity index (χ3n) is 5.41. The third-order valence-corrected chi connectivity index (χ3v) is 6.28. The number of rotatable bonds is 6. The number of nitrogens with one attached hydrogen (secondary N) is 1. The topological polar surface area (TPSA) is 71.1 Å². The van der Waals surface area contributed by atoms with E-state index < -0.39 is 0 Å². The summed E-state index contributed by atoms with van der Waals surface area (Å²) in [6.45, 7) is 4.30. The lowest BCUT2D eigenvalue weighted by molar-refractivity contribution is -0.112. The van der Waals surface area contributed by atoms with E-state index in [-0.39, 0.29) is 17.0 Å². The molecule has 1 aliphatic heterocycles. The highest BCUT2D eigenvalue weighted by Gasteiger charge is 2.38. The maximum Gasteiger partial charge on any atom is 0.209 e. The predicted octanol–water partition coefficient (Wildman–Crippen LogP) is 4.45. The molecule has 0 amide bonds. The largest absolute Gasteiger partial charge is 0.497 e. The number of benzene rings is 2. The van der Waals surface area contributed by atoms with Crippen LogP contribution in [0.2, 0.25) is 0 Å². The smallest absolute Gasteiger partial charge is 0.209 e. The molecule has 0 unspecified atom stereocenters. The van der Waals surface area contributed by atoms with E-state index in [1.165, 1.54) is 17.3 Å².